The van der Waals surface area contributed by atoms with Gasteiger partial charge in [0.2, 0.25) is 5.69 Å². The standard InChI is InChI=1S/C22H27NO2/c1-17-20-13-8-7-12-19(20)16-21(18-10-4-2-5-11-18)23(17)15-9-3-6-14-22(24)25/h2,4-5,10-11,16H,3,6-9,12-15H2,1H3/p+1. The van der Waals surface area contributed by atoms with Crippen LogP contribution in [0.3, 0.4) is 0 Å². The van der Waals surface area contributed by atoms with Gasteiger partial charge in [-0.05, 0) is 56.2 Å². The summed E-state index contributed by atoms with van der Waals surface area (Å²) in [7, 11) is 0. The lowest BCUT2D eigenvalue weighted by molar-refractivity contribution is -0.693. The smallest absolute Gasteiger partial charge is 0.303 e. The zero-order valence-electron chi connectivity index (χ0n) is 15.1. The summed E-state index contributed by atoms with van der Waals surface area (Å²) in [6.07, 6.45) is 7.99. The van der Waals surface area contributed by atoms with E-state index in [0.717, 1.165) is 25.8 Å². The third-order valence-corrected chi connectivity index (χ3v) is 5.30. The maximum absolute atomic E-state index is 10.7. The first kappa shape index (κ1) is 17.7. The van der Waals surface area contributed by atoms with Gasteiger partial charge in [-0.25, -0.2) is 0 Å². The summed E-state index contributed by atoms with van der Waals surface area (Å²) in [5.41, 5.74) is 7.02. The zero-order chi connectivity index (χ0) is 17.6. The number of hydrogen-bond donors (Lipinski definition) is 1. The van der Waals surface area contributed by atoms with Gasteiger partial charge in [-0.1, -0.05) is 18.2 Å². The minimum Gasteiger partial charge on any atom is -0.481 e. The molecule has 1 aliphatic rings. The molecule has 0 bridgehead atoms. The van der Waals surface area contributed by atoms with Gasteiger partial charge >= 0.3 is 5.97 Å². The van der Waals surface area contributed by atoms with Gasteiger partial charge in [0.1, 0.15) is 6.54 Å². The molecule has 0 aliphatic heterocycles. The van der Waals surface area contributed by atoms with Gasteiger partial charge in [0.15, 0.2) is 5.69 Å². The molecule has 1 heterocycles. The van der Waals surface area contributed by atoms with Gasteiger partial charge in [0.25, 0.3) is 0 Å². The van der Waals surface area contributed by atoms with Crippen molar-refractivity contribution in [2.75, 3.05) is 0 Å². The molecule has 25 heavy (non-hydrogen) atoms. The molecule has 0 radical (unpaired) electrons. The van der Waals surface area contributed by atoms with Crippen LogP contribution in [0.15, 0.2) is 36.4 Å². The maximum atomic E-state index is 10.7. The van der Waals surface area contributed by atoms with Crippen LogP contribution in [0.25, 0.3) is 11.3 Å². The molecule has 0 atom stereocenters. The van der Waals surface area contributed by atoms with Crippen molar-refractivity contribution < 1.29 is 14.5 Å². The van der Waals surface area contributed by atoms with E-state index in [2.05, 4.69) is 47.9 Å². The lowest BCUT2D eigenvalue weighted by Gasteiger charge is -2.19. The number of benzene rings is 1. The van der Waals surface area contributed by atoms with Gasteiger partial charge < -0.3 is 5.11 Å². The van der Waals surface area contributed by atoms with E-state index in [1.54, 1.807) is 0 Å². The van der Waals surface area contributed by atoms with Crippen LogP contribution in [0.1, 0.15) is 55.3 Å². The summed E-state index contributed by atoms with van der Waals surface area (Å²) in [6.45, 7) is 3.22. The number of fused-ring (bicyclic) bond motifs is 1. The Balaban J connectivity index is 1.87. The number of unbranched alkanes of at least 4 members (excludes halogenated alkanes) is 2. The molecule has 0 fully saturated rings. The Morgan fingerprint density at radius 1 is 1.08 bits per heavy atom. The SMILES string of the molecule is Cc1c2c(cc(-c3ccccc3)[n+]1CCCCCC(=O)O)CCCC2. The monoisotopic (exact) mass is 338 g/mol. The quantitative estimate of drug-likeness (QED) is 0.597. The van der Waals surface area contributed by atoms with Crippen molar-refractivity contribution in [2.45, 2.75) is 64.8 Å². The Kier molecular flexibility index (Phi) is 5.85. The lowest BCUT2D eigenvalue weighted by atomic mass is 9.89. The molecule has 1 aromatic carbocycles. The number of carbonyl (C=O) groups is 1. The third-order valence-electron chi connectivity index (χ3n) is 5.30. The molecule has 3 heteroatoms. The predicted molar refractivity (Wildman–Crippen MR) is 99.6 cm³/mol. The van der Waals surface area contributed by atoms with Gasteiger partial charge in [-0.15, -0.1) is 0 Å². The number of aromatic nitrogens is 1. The second-order valence-corrected chi connectivity index (χ2v) is 7.05. The highest BCUT2D eigenvalue weighted by Crippen LogP contribution is 2.27. The van der Waals surface area contributed by atoms with Crippen LogP contribution in [-0.2, 0) is 24.2 Å². The number of carboxylic acid groups (broad SMARTS) is 1. The topological polar surface area (TPSA) is 41.2 Å². The van der Waals surface area contributed by atoms with Crippen molar-refractivity contribution in [3.8, 4) is 11.3 Å². The number of pyridine rings is 1. The van der Waals surface area contributed by atoms with E-state index < -0.39 is 5.97 Å². The minimum atomic E-state index is -0.692. The van der Waals surface area contributed by atoms with E-state index in [1.165, 1.54) is 53.8 Å². The molecule has 0 amide bonds. The van der Waals surface area contributed by atoms with Crippen molar-refractivity contribution in [1.82, 2.24) is 0 Å². The van der Waals surface area contributed by atoms with E-state index in [0.29, 0.717) is 0 Å². The molecule has 1 N–H and O–H groups in total. The highest BCUT2D eigenvalue weighted by molar-refractivity contribution is 5.66. The summed E-state index contributed by atoms with van der Waals surface area (Å²) in [5, 5.41) is 8.79. The lowest BCUT2D eigenvalue weighted by Crippen LogP contribution is -2.41. The van der Waals surface area contributed by atoms with Crippen LogP contribution in [-0.4, -0.2) is 11.1 Å². The number of carboxylic acids is 1. The Morgan fingerprint density at radius 2 is 1.84 bits per heavy atom. The fourth-order valence-corrected chi connectivity index (χ4v) is 3.95. The molecule has 132 valence electrons. The van der Waals surface area contributed by atoms with E-state index in [4.69, 9.17) is 5.11 Å². The van der Waals surface area contributed by atoms with Crippen molar-refractivity contribution >= 4 is 5.97 Å². The van der Waals surface area contributed by atoms with Crippen LogP contribution >= 0.6 is 0 Å². The summed E-state index contributed by atoms with van der Waals surface area (Å²) in [5.74, 6) is -0.692. The molecule has 0 spiro atoms. The van der Waals surface area contributed by atoms with E-state index in [9.17, 15) is 4.79 Å². The van der Waals surface area contributed by atoms with E-state index >= 15 is 0 Å². The third kappa shape index (κ3) is 4.28. The van der Waals surface area contributed by atoms with Gasteiger partial charge in [-0.3, -0.25) is 4.79 Å². The first-order valence-corrected chi connectivity index (χ1v) is 9.49. The number of rotatable bonds is 7. The van der Waals surface area contributed by atoms with Crippen LogP contribution < -0.4 is 4.57 Å². The predicted octanol–water partition coefficient (Wildman–Crippen LogP) is 4.47. The van der Waals surface area contributed by atoms with E-state index in [1.807, 2.05) is 0 Å². The summed E-state index contributed by atoms with van der Waals surface area (Å²) in [6, 6.07) is 13.0. The van der Waals surface area contributed by atoms with Gasteiger partial charge in [0.05, 0.1) is 0 Å². The van der Waals surface area contributed by atoms with E-state index in [-0.39, 0.29) is 6.42 Å². The second-order valence-electron chi connectivity index (χ2n) is 7.05. The Hall–Kier alpha value is -2.16. The first-order chi connectivity index (χ1) is 12.2. The molecular formula is C22H28NO2+. The number of aryl methyl sites for hydroxylation is 1. The van der Waals surface area contributed by atoms with Crippen molar-refractivity contribution in [1.29, 1.82) is 0 Å². The zero-order valence-corrected chi connectivity index (χ0v) is 15.1. The molecule has 1 aromatic heterocycles. The molecule has 0 saturated carbocycles. The Bertz CT molecular complexity index is 737. The fourth-order valence-electron chi connectivity index (χ4n) is 3.95. The highest BCUT2D eigenvalue weighted by atomic mass is 16.4. The summed E-state index contributed by atoms with van der Waals surface area (Å²) < 4.78 is 2.46. The largest absolute Gasteiger partial charge is 0.481 e. The average Bonchev–Trinajstić information content (AvgIpc) is 2.63. The van der Waals surface area contributed by atoms with Crippen molar-refractivity contribution in [3.63, 3.8) is 0 Å². The highest BCUT2D eigenvalue weighted by Gasteiger charge is 2.24. The van der Waals surface area contributed by atoms with Crippen LogP contribution in [0, 0.1) is 6.92 Å². The van der Waals surface area contributed by atoms with Crippen molar-refractivity contribution in [3.05, 3.63) is 53.2 Å². The van der Waals surface area contributed by atoms with Crippen molar-refractivity contribution in [2.24, 2.45) is 0 Å². The normalized spacial score (nSPS) is 13.5. The minimum absolute atomic E-state index is 0.277. The molecule has 1 aliphatic carbocycles. The number of nitrogens with zero attached hydrogens (tertiary/aromatic N) is 1. The average molecular weight is 338 g/mol. The maximum Gasteiger partial charge on any atom is 0.303 e. The molecular weight excluding hydrogens is 310 g/mol. The molecule has 0 saturated heterocycles. The first-order valence-electron chi connectivity index (χ1n) is 9.49. The van der Waals surface area contributed by atoms with Crippen LogP contribution in [0.5, 0.6) is 0 Å². The Labute approximate surface area is 150 Å². The molecule has 3 rings (SSSR count). The number of aliphatic carboxylic acids is 1. The molecule has 0 unspecified atom stereocenters. The van der Waals surface area contributed by atoms with Crippen LogP contribution in [0.2, 0.25) is 0 Å². The molecule has 2 aromatic rings. The van der Waals surface area contributed by atoms with Gasteiger partial charge in [-0.2, -0.15) is 4.57 Å². The second kappa shape index (κ2) is 8.28. The summed E-state index contributed by atoms with van der Waals surface area (Å²) >= 11 is 0. The Morgan fingerprint density at radius 3 is 2.60 bits per heavy atom. The fraction of sp³-hybridized carbons (Fsp3) is 0.455. The summed E-state index contributed by atoms with van der Waals surface area (Å²) in [4.78, 5) is 10.7. The molecule has 3 nitrogen and oxygen atoms in total. The van der Waals surface area contributed by atoms with Gasteiger partial charge in [0, 0.05) is 37.0 Å². The number of hydrogen-bond acceptors (Lipinski definition) is 1. The van der Waals surface area contributed by atoms with Crippen LogP contribution in [0.4, 0.5) is 0 Å².